The number of hydrogen-bond acceptors (Lipinski definition) is 4. The van der Waals surface area contributed by atoms with Gasteiger partial charge in [0.05, 0.1) is 11.0 Å². The second-order valence-corrected chi connectivity index (χ2v) is 12.6. The molecule has 0 aliphatic heterocycles. The van der Waals surface area contributed by atoms with Crippen LogP contribution in [0.15, 0.2) is 156 Å². The topological polar surface area (TPSA) is 65.6 Å². The van der Waals surface area contributed by atoms with Gasteiger partial charge in [-0.2, -0.15) is 0 Å². The van der Waals surface area contributed by atoms with E-state index in [-0.39, 0.29) is 5.69 Å². The maximum Gasteiger partial charge on any atom is 0.328 e. The quantitative estimate of drug-likeness (QED) is 0.187. The monoisotopic (exact) mass is 645 g/mol. The van der Waals surface area contributed by atoms with Crippen LogP contribution in [0, 0.1) is 0 Å². The summed E-state index contributed by atoms with van der Waals surface area (Å²) in [4.78, 5) is 27.6. The Labute approximate surface area is 288 Å². The summed E-state index contributed by atoms with van der Waals surface area (Å²) in [6.45, 7) is 0. The number of fused-ring (bicyclic) bond motifs is 3. The molecular formula is C44H31N5O. The van der Waals surface area contributed by atoms with Crippen molar-refractivity contribution in [3.8, 4) is 56.4 Å². The van der Waals surface area contributed by atoms with Crippen LogP contribution in [-0.2, 0) is 14.1 Å². The predicted molar refractivity (Wildman–Crippen MR) is 204 cm³/mol. The van der Waals surface area contributed by atoms with E-state index in [0.717, 1.165) is 71.5 Å². The van der Waals surface area contributed by atoms with Gasteiger partial charge >= 0.3 is 5.69 Å². The van der Waals surface area contributed by atoms with Crippen LogP contribution >= 0.6 is 0 Å². The molecule has 0 aliphatic carbocycles. The molecule has 9 rings (SSSR count). The largest absolute Gasteiger partial charge is 0.328 e. The first kappa shape index (κ1) is 29.5. The molecule has 2 aromatic heterocycles. The first-order chi connectivity index (χ1) is 24.5. The van der Waals surface area contributed by atoms with Crippen LogP contribution in [0.5, 0.6) is 0 Å². The minimum atomic E-state index is -0.0302. The SMILES string of the molecule is Cn1c(=O)n(C)c2cc(-c3ccc(-c4ccc(-c5nc(-c6ccccc6)nc(-c6ccccc6)n5)c5ccccc45)c4ccccc34)ccc21. The van der Waals surface area contributed by atoms with E-state index in [1.54, 1.807) is 9.13 Å². The van der Waals surface area contributed by atoms with Crippen molar-refractivity contribution in [2.75, 3.05) is 0 Å². The molecule has 6 nitrogen and oxygen atoms in total. The lowest BCUT2D eigenvalue weighted by molar-refractivity contribution is 0.795. The van der Waals surface area contributed by atoms with Crippen molar-refractivity contribution in [1.29, 1.82) is 0 Å². The van der Waals surface area contributed by atoms with E-state index in [4.69, 9.17) is 15.0 Å². The summed E-state index contributed by atoms with van der Waals surface area (Å²) in [7, 11) is 3.64. The summed E-state index contributed by atoms with van der Waals surface area (Å²) in [6, 6.07) is 52.2. The zero-order valence-corrected chi connectivity index (χ0v) is 27.6. The summed E-state index contributed by atoms with van der Waals surface area (Å²) in [5.74, 6) is 1.90. The van der Waals surface area contributed by atoms with Gasteiger partial charge in [-0.05, 0) is 62.0 Å². The fourth-order valence-electron chi connectivity index (χ4n) is 7.12. The Balaban J connectivity index is 1.22. The van der Waals surface area contributed by atoms with Gasteiger partial charge in [0.25, 0.3) is 0 Å². The first-order valence-electron chi connectivity index (χ1n) is 16.6. The van der Waals surface area contributed by atoms with Gasteiger partial charge in [-0.3, -0.25) is 9.13 Å². The number of rotatable bonds is 5. The van der Waals surface area contributed by atoms with Gasteiger partial charge < -0.3 is 0 Å². The summed E-state index contributed by atoms with van der Waals surface area (Å²) >= 11 is 0. The number of nitrogens with zero attached hydrogens (tertiary/aromatic N) is 5. The lowest BCUT2D eigenvalue weighted by atomic mass is 9.89. The molecule has 0 radical (unpaired) electrons. The maximum absolute atomic E-state index is 12.6. The van der Waals surface area contributed by atoms with Gasteiger partial charge in [-0.15, -0.1) is 0 Å². The molecule has 0 bridgehead atoms. The van der Waals surface area contributed by atoms with Crippen molar-refractivity contribution in [3.63, 3.8) is 0 Å². The highest BCUT2D eigenvalue weighted by Crippen LogP contribution is 2.41. The van der Waals surface area contributed by atoms with E-state index in [9.17, 15) is 4.79 Å². The third-order valence-electron chi connectivity index (χ3n) is 9.66. The third-order valence-corrected chi connectivity index (χ3v) is 9.66. The number of benzene rings is 7. The Morgan fingerprint density at radius 3 is 1.36 bits per heavy atom. The molecule has 0 unspecified atom stereocenters. The van der Waals surface area contributed by atoms with Crippen LogP contribution in [0.1, 0.15) is 0 Å². The molecule has 0 fully saturated rings. The minimum absolute atomic E-state index is 0.0302. The van der Waals surface area contributed by atoms with Gasteiger partial charge in [0.1, 0.15) is 0 Å². The zero-order chi connectivity index (χ0) is 33.8. The van der Waals surface area contributed by atoms with Gasteiger partial charge in [0.15, 0.2) is 17.5 Å². The highest BCUT2D eigenvalue weighted by Gasteiger charge is 2.18. The van der Waals surface area contributed by atoms with E-state index in [1.807, 2.05) is 80.8 Å². The fraction of sp³-hybridized carbons (Fsp3) is 0.0455. The average molecular weight is 646 g/mol. The summed E-state index contributed by atoms with van der Waals surface area (Å²) in [5.41, 5.74) is 9.09. The normalized spacial score (nSPS) is 11.5. The zero-order valence-electron chi connectivity index (χ0n) is 27.6. The smallest absolute Gasteiger partial charge is 0.295 e. The van der Waals surface area contributed by atoms with E-state index in [0.29, 0.717) is 17.5 Å². The van der Waals surface area contributed by atoms with Gasteiger partial charge in [-0.1, -0.05) is 133 Å². The van der Waals surface area contributed by atoms with Crippen LogP contribution < -0.4 is 5.69 Å². The first-order valence-corrected chi connectivity index (χ1v) is 16.6. The van der Waals surface area contributed by atoms with E-state index < -0.39 is 0 Å². The Bertz CT molecular complexity index is 2740. The average Bonchev–Trinajstić information content (AvgIpc) is 3.40. The van der Waals surface area contributed by atoms with Crippen molar-refractivity contribution in [3.05, 3.63) is 162 Å². The molecule has 0 N–H and O–H groups in total. The van der Waals surface area contributed by atoms with Crippen LogP contribution in [0.3, 0.4) is 0 Å². The van der Waals surface area contributed by atoms with Crippen molar-refractivity contribution in [1.82, 2.24) is 24.1 Å². The van der Waals surface area contributed by atoms with Crippen LogP contribution in [-0.4, -0.2) is 24.1 Å². The molecule has 0 saturated heterocycles. The fourth-order valence-corrected chi connectivity index (χ4v) is 7.12. The molecule has 0 aliphatic rings. The molecule has 0 amide bonds. The standard InChI is InChI=1S/C44H31N5O/c1-48-39-26-21-30(27-40(39)49(2)44(48)50)31-22-23-36(33-18-10-9-17-32(31)33)37-24-25-38(35-20-12-11-19-34(35)37)43-46-41(28-13-5-3-6-14-28)45-42(47-43)29-15-7-4-8-16-29/h3-27H,1-2H3. The molecule has 50 heavy (non-hydrogen) atoms. The Morgan fingerprint density at radius 1 is 0.380 bits per heavy atom. The summed E-state index contributed by atoms with van der Waals surface area (Å²) in [5, 5.41) is 4.49. The molecule has 2 heterocycles. The lowest BCUT2D eigenvalue weighted by Gasteiger charge is -2.16. The highest BCUT2D eigenvalue weighted by molar-refractivity contribution is 6.12. The van der Waals surface area contributed by atoms with Gasteiger partial charge in [0, 0.05) is 30.8 Å². The Morgan fingerprint density at radius 2 is 0.800 bits per heavy atom. The summed E-state index contributed by atoms with van der Waals surface area (Å²) < 4.78 is 3.40. The molecular weight excluding hydrogens is 615 g/mol. The van der Waals surface area contributed by atoms with E-state index >= 15 is 0 Å². The molecule has 0 atom stereocenters. The van der Waals surface area contributed by atoms with Crippen molar-refractivity contribution in [2.45, 2.75) is 0 Å². The number of aromatic nitrogens is 5. The number of hydrogen-bond donors (Lipinski definition) is 0. The predicted octanol–water partition coefficient (Wildman–Crippen LogP) is 9.70. The molecule has 7 aromatic carbocycles. The molecule has 0 spiro atoms. The maximum atomic E-state index is 12.6. The van der Waals surface area contributed by atoms with Crippen molar-refractivity contribution in [2.24, 2.45) is 14.1 Å². The molecule has 6 heteroatoms. The number of imidazole rings is 1. The van der Waals surface area contributed by atoms with Gasteiger partial charge in [-0.25, -0.2) is 19.7 Å². The number of aryl methyl sites for hydroxylation is 2. The van der Waals surface area contributed by atoms with E-state index in [1.165, 1.54) is 0 Å². The Hall–Kier alpha value is -6.66. The van der Waals surface area contributed by atoms with Crippen LogP contribution in [0.25, 0.3) is 89.0 Å². The van der Waals surface area contributed by atoms with Crippen molar-refractivity contribution < 1.29 is 0 Å². The third kappa shape index (κ3) is 4.80. The molecule has 238 valence electrons. The van der Waals surface area contributed by atoms with E-state index in [2.05, 4.69) is 84.9 Å². The second kappa shape index (κ2) is 11.8. The molecule has 9 aromatic rings. The highest BCUT2D eigenvalue weighted by atomic mass is 16.1. The molecule has 0 saturated carbocycles. The van der Waals surface area contributed by atoms with Crippen LogP contribution in [0.4, 0.5) is 0 Å². The minimum Gasteiger partial charge on any atom is -0.295 e. The van der Waals surface area contributed by atoms with Crippen LogP contribution in [0.2, 0.25) is 0 Å². The second-order valence-electron chi connectivity index (χ2n) is 12.6. The lowest BCUT2D eigenvalue weighted by Crippen LogP contribution is -2.19. The summed E-state index contributed by atoms with van der Waals surface area (Å²) in [6.07, 6.45) is 0. The van der Waals surface area contributed by atoms with Gasteiger partial charge in [0.2, 0.25) is 0 Å². The van der Waals surface area contributed by atoms with Crippen molar-refractivity contribution >= 4 is 32.6 Å². The Kier molecular flexibility index (Phi) is 6.95.